The van der Waals surface area contributed by atoms with E-state index in [1.807, 2.05) is 0 Å². The molecular weight excluding hydrogens is 356 g/mol. The highest BCUT2D eigenvalue weighted by Gasteiger charge is 2.33. The number of fused-ring (bicyclic) bond motifs is 3. The van der Waals surface area contributed by atoms with Gasteiger partial charge in [0.15, 0.2) is 0 Å². The van der Waals surface area contributed by atoms with Gasteiger partial charge in [0.05, 0.1) is 5.54 Å². The van der Waals surface area contributed by atoms with E-state index < -0.39 is 5.54 Å². The fourth-order valence-electron chi connectivity index (χ4n) is 4.30. The Morgan fingerprint density at radius 3 is 1.17 bits per heavy atom. The molecule has 0 amide bonds. The highest BCUT2D eigenvalue weighted by atomic mass is 14.9. The number of nitrogens with zero attached hydrogens (tertiary/aromatic N) is 3. The summed E-state index contributed by atoms with van der Waals surface area (Å²) in [6, 6.07) is 25.2. The summed E-state index contributed by atoms with van der Waals surface area (Å²) in [5.41, 5.74) is 13.1. The molecule has 0 fully saturated rings. The van der Waals surface area contributed by atoms with Crippen LogP contribution in [0.5, 0.6) is 0 Å². The molecule has 140 valence electrons. The van der Waals surface area contributed by atoms with Crippen LogP contribution < -0.4 is 5.73 Å². The Bertz CT molecular complexity index is 1300. The topological polar surface area (TPSA) is 39.2 Å². The highest BCUT2D eigenvalue weighted by molar-refractivity contribution is 5.58. The maximum absolute atomic E-state index is 7.30. The summed E-state index contributed by atoms with van der Waals surface area (Å²) in [5.74, 6) is 0. The summed E-state index contributed by atoms with van der Waals surface area (Å²) in [6.45, 7) is 0. The summed E-state index contributed by atoms with van der Waals surface area (Å²) in [7, 11) is 0. The van der Waals surface area contributed by atoms with Crippen LogP contribution in [0.25, 0.3) is 16.6 Å². The monoisotopic (exact) mass is 376 g/mol. The van der Waals surface area contributed by atoms with Crippen molar-refractivity contribution in [3.05, 3.63) is 127 Å². The summed E-state index contributed by atoms with van der Waals surface area (Å²) in [4.78, 5) is 0. The van der Waals surface area contributed by atoms with E-state index in [0.29, 0.717) is 0 Å². The molecule has 0 saturated heterocycles. The van der Waals surface area contributed by atoms with E-state index in [-0.39, 0.29) is 0 Å². The molecule has 6 aromatic heterocycles. The van der Waals surface area contributed by atoms with Crippen LogP contribution in [0.2, 0.25) is 0 Å². The molecule has 6 rings (SSSR count). The van der Waals surface area contributed by atoms with Gasteiger partial charge in [-0.05, 0) is 71.3 Å². The fraction of sp³-hybridized carbons (Fsp3) is 0.0400. The van der Waals surface area contributed by atoms with Crippen molar-refractivity contribution in [3.63, 3.8) is 0 Å². The number of hydrogen-bond donors (Lipinski definition) is 1. The van der Waals surface area contributed by atoms with Gasteiger partial charge in [-0.3, -0.25) is 0 Å². The smallest absolute Gasteiger partial charge is 0.0965 e. The van der Waals surface area contributed by atoms with Crippen LogP contribution in [0.1, 0.15) is 16.7 Å². The van der Waals surface area contributed by atoms with Gasteiger partial charge < -0.3 is 18.9 Å². The molecule has 0 aliphatic rings. The van der Waals surface area contributed by atoms with Gasteiger partial charge in [0.25, 0.3) is 0 Å². The molecule has 0 spiro atoms. The molecule has 0 aliphatic carbocycles. The van der Waals surface area contributed by atoms with Gasteiger partial charge in [-0.2, -0.15) is 0 Å². The lowest BCUT2D eigenvalue weighted by molar-refractivity contribution is 0.639. The van der Waals surface area contributed by atoms with Crippen molar-refractivity contribution in [1.29, 1.82) is 0 Å². The Morgan fingerprint density at radius 2 is 0.828 bits per heavy atom. The molecule has 0 radical (unpaired) electrons. The zero-order valence-electron chi connectivity index (χ0n) is 15.8. The molecule has 4 nitrogen and oxygen atoms in total. The zero-order valence-corrected chi connectivity index (χ0v) is 15.8. The molecule has 0 aliphatic heterocycles. The zero-order chi connectivity index (χ0) is 19.4. The van der Waals surface area contributed by atoms with Crippen molar-refractivity contribution in [2.45, 2.75) is 5.54 Å². The van der Waals surface area contributed by atoms with Gasteiger partial charge in [-0.15, -0.1) is 0 Å². The van der Waals surface area contributed by atoms with Gasteiger partial charge >= 0.3 is 0 Å². The number of pyridine rings is 3. The van der Waals surface area contributed by atoms with Crippen LogP contribution in [0.3, 0.4) is 0 Å². The van der Waals surface area contributed by atoms with Crippen molar-refractivity contribution in [2.75, 3.05) is 0 Å². The third kappa shape index (κ3) is 2.36. The second-order valence-corrected chi connectivity index (χ2v) is 7.58. The molecule has 29 heavy (non-hydrogen) atoms. The number of rotatable bonds is 3. The summed E-state index contributed by atoms with van der Waals surface area (Å²) < 4.78 is 6.37. The lowest BCUT2D eigenvalue weighted by Gasteiger charge is -2.32. The highest BCUT2D eigenvalue weighted by Crippen LogP contribution is 2.35. The second-order valence-electron chi connectivity index (χ2n) is 7.58. The standard InChI is InChI=1S/C25H20N4/c26-25(19-7-10-22-4-1-13-27(22)16-19,20-8-11-23-5-2-14-28(23)17-20)21-9-12-24-6-3-15-29(24)18-21/h1-18H,26H2. The van der Waals surface area contributed by atoms with Crippen LogP contribution >= 0.6 is 0 Å². The normalized spacial score (nSPS) is 12.3. The van der Waals surface area contributed by atoms with Crippen molar-refractivity contribution in [1.82, 2.24) is 13.2 Å². The molecule has 0 bridgehead atoms. The van der Waals surface area contributed by atoms with Gasteiger partial charge in [-0.25, -0.2) is 0 Å². The summed E-state index contributed by atoms with van der Waals surface area (Å²) in [5, 5.41) is 0. The average Bonchev–Trinajstić information content (AvgIpc) is 3.51. The van der Waals surface area contributed by atoms with E-state index >= 15 is 0 Å². The van der Waals surface area contributed by atoms with E-state index in [4.69, 9.17) is 5.73 Å². The Balaban J connectivity index is 1.65. The van der Waals surface area contributed by atoms with Gasteiger partial charge in [0.1, 0.15) is 0 Å². The first-order chi connectivity index (χ1) is 14.2. The predicted molar refractivity (Wildman–Crippen MR) is 116 cm³/mol. The predicted octanol–water partition coefficient (Wildman–Crippen LogP) is 4.70. The SMILES string of the molecule is NC(c1ccc2cccn2c1)(c1ccc2cccn2c1)c1ccc2cccn2c1. The van der Waals surface area contributed by atoms with Crippen LogP contribution in [0, 0.1) is 0 Å². The van der Waals surface area contributed by atoms with Crippen molar-refractivity contribution < 1.29 is 0 Å². The first-order valence-corrected chi connectivity index (χ1v) is 9.72. The number of nitrogens with two attached hydrogens (primary N) is 1. The minimum atomic E-state index is -0.796. The van der Waals surface area contributed by atoms with Crippen molar-refractivity contribution in [2.24, 2.45) is 5.73 Å². The quantitative estimate of drug-likeness (QED) is 0.478. The average molecular weight is 376 g/mol. The van der Waals surface area contributed by atoms with Crippen LogP contribution in [-0.4, -0.2) is 13.2 Å². The van der Waals surface area contributed by atoms with Crippen LogP contribution in [0.4, 0.5) is 0 Å². The molecule has 0 aromatic carbocycles. The fourth-order valence-corrected chi connectivity index (χ4v) is 4.30. The first kappa shape index (κ1) is 16.2. The maximum atomic E-state index is 7.30. The lowest BCUT2D eigenvalue weighted by atomic mass is 9.80. The molecule has 0 unspecified atom stereocenters. The van der Waals surface area contributed by atoms with Crippen molar-refractivity contribution in [3.8, 4) is 0 Å². The minimum Gasteiger partial charge on any atom is -0.324 e. The molecular formula is C25H20N4. The molecule has 0 saturated carbocycles. The summed E-state index contributed by atoms with van der Waals surface area (Å²) >= 11 is 0. The first-order valence-electron chi connectivity index (χ1n) is 9.72. The van der Waals surface area contributed by atoms with E-state index in [9.17, 15) is 0 Å². The Labute approximate surface area is 168 Å². The molecule has 2 N–H and O–H groups in total. The largest absolute Gasteiger partial charge is 0.324 e. The number of hydrogen-bond acceptors (Lipinski definition) is 1. The Hall–Kier alpha value is -3.76. The number of aromatic nitrogens is 3. The Kier molecular flexibility index (Phi) is 3.28. The lowest BCUT2D eigenvalue weighted by Crippen LogP contribution is -2.40. The van der Waals surface area contributed by atoms with E-state index in [0.717, 1.165) is 33.2 Å². The third-order valence-electron chi connectivity index (χ3n) is 5.94. The molecule has 4 heteroatoms. The van der Waals surface area contributed by atoms with E-state index in [1.54, 1.807) is 0 Å². The van der Waals surface area contributed by atoms with Gasteiger partial charge in [-0.1, -0.05) is 18.2 Å². The van der Waals surface area contributed by atoms with Gasteiger partial charge in [0, 0.05) is 53.7 Å². The van der Waals surface area contributed by atoms with E-state index in [2.05, 4.69) is 123 Å². The second kappa shape index (κ2) is 5.87. The molecule has 0 atom stereocenters. The van der Waals surface area contributed by atoms with Crippen molar-refractivity contribution >= 4 is 16.6 Å². The Morgan fingerprint density at radius 1 is 0.483 bits per heavy atom. The minimum absolute atomic E-state index is 0.796. The van der Waals surface area contributed by atoms with Crippen LogP contribution in [-0.2, 0) is 5.54 Å². The van der Waals surface area contributed by atoms with E-state index in [1.165, 1.54) is 0 Å². The molecule has 6 aromatic rings. The summed E-state index contributed by atoms with van der Waals surface area (Å²) in [6.07, 6.45) is 12.6. The third-order valence-corrected chi connectivity index (χ3v) is 5.94. The van der Waals surface area contributed by atoms with Gasteiger partial charge in [0.2, 0.25) is 0 Å². The maximum Gasteiger partial charge on any atom is 0.0965 e. The van der Waals surface area contributed by atoms with Crippen LogP contribution in [0.15, 0.2) is 110 Å². The molecule has 6 heterocycles.